The van der Waals surface area contributed by atoms with Crippen LogP contribution in [0.5, 0.6) is 0 Å². The fraction of sp³-hybridized carbons (Fsp3) is 0.133. The van der Waals surface area contributed by atoms with Crippen LogP contribution in [0.3, 0.4) is 0 Å². The van der Waals surface area contributed by atoms with E-state index in [1.54, 1.807) is 0 Å². The van der Waals surface area contributed by atoms with E-state index in [1.165, 1.54) is 87.7 Å². The van der Waals surface area contributed by atoms with Crippen molar-refractivity contribution in [3.05, 3.63) is 262 Å². The Morgan fingerprint density at radius 1 is 0.383 bits per heavy atom. The Hall–Kier alpha value is -6.76. The SMILES string of the molecule is C1=CCCC(C2=CC3C=CC(c4c5ccccc5c(C5=c6ccccc6=C(c6ccc(C7=CC8C=CC=CC8C=C7)cc6)C6C=CC=CC56)c5ccccc45)=CC3C=C2)=C1. The average molecular weight is 767 g/mol. The number of hydrogen-bond acceptors (Lipinski definition) is 0. The summed E-state index contributed by atoms with van der Waals surface area (Å²) >= 11 is 0. The van der Waals surface area contributed by atoms with Gasteiger partial charge in [-0.2, -0.15) is 0 Å². The van der Waals surface area contributed by atoms with Gasteiger partial charge in [-0.05, 0) is 101 Å². The van der Waals surface area contributed by atoms with Crippen LogP contribution in [0.25, 0.3) is 43.8 Å². The smallest absolute Gasteiger partial charge is 0.0138 e. The Morgan fingerprint density at radius 3 is 1.57 bits per heavy atom. The zero-order valence-corrected chi connectivity index (χ0v) is 33.7. The second-order valence-corrected chi connectivity index (χ2v) is 17.3. The van der Waals surface area contributed by atoms with E-state index in [2.05, 4.69) is 219 Å². The van der Waals surface area contributed by atoms with Gasteiger partial charge in [-0.25, -0.2) is 0 Å². The van der Waals surface area contributed by atoms with Crippen molar-refractivity contribution in [3.63, 3.8) is 0 Å². The molecule has 12 rings (SSSR count). The summed E-state index contributed by atoms with van der Waals surface area (Å²) in [5, 5.41) is 7.93. The highest BCUT2D eigenvalue weighted by molar-refractivity contribution is 6.17. The molecular weight excluding hydrogens is 721 g/mol. The molecule has 286 valence electrons. The molecule has 0 nitrogen and oxygen atoms in total. The van der Waals surface area contributed by atoms with E-state index in [0.717, 1.165) is 12.8 Å². The van der Waals surface area contributed by atoms with Crippen molar-refractivity contribution in [3.8, 4) is 0 Å². The molecule has 0 amide bonds. The van der Waals surface area contributed by atoms with Crippen LogP contribution >= 0.6 is 0 Å². The Morgan fingerprint density at radius 2 is 0.883 bits per heavy atom. The zero-order chi connectivity index (χ0) is 39.6. The predicted octanol–water partition coefficient (Wildman–Crippen LogP) is 13.0. The van der Waals surface area contributed by atoms with Crippen LogP contribution in [0, 0.1) is 35.5 Å². The van der Waals surface area contributed by atoms with Gasteiger partial charge in [0.15, 0.2) is 0 Å². The van der Waals surface area contributed by atoms with E-state index in [0.29, 0.717) is 23.7 Å². The van der Waals surface area contributed by atoms with Crippen molar-refractivity contribution >= 4 is 43.8 Å². The number of rotatable bonds is 5. The fourth-order valence-corrected chi connectivity index (χ4v) is 11.1. The molecule has 0 heteroatoms. The first-order valence-electron chi connectivity index (χ1n) is 21.9. The summed E-state index contributed by atoms with van der Waals surface area (Å²) in [6.45, 7) is 0. The normalized spacial score (nSPS) is 25.7. The van der Waals surface area contributed by atoms with E-state index < -0.39 is 0 Å². The average Bonchev–Trinajstić information content (AvgIpc) is 3.32. The van der Waals surface area contributed by atoms with Gasteiger partial charge in [0.05, 0.1) is 0 Å². The molecule has 0 heterocycles. The minimum Gasteiger partial charge on any atom is -0.0842 e. The lowest BCUT2D eigenvalue weighted by Crippen LogP contribution is -2.40. The maximum absolute atomic E-state index is 2.53. The molecule has 0 saturated carbocycles. The quantitative estimate of drug-likeness (QED) is 0.156. The third kappa shape index (κ3) is 5.81. The minimum absolute atomic E-state index is 0.182. The second kappa shape index (κ2) is 14.5. The Labute approximate surface area is 353 Å². The molecule has 5 aromatic rings. The Bertz CT molecular complexity index is 3090. The van der Waals surface area contributed by atoms with E-state index in [1.807, 2.05) is 0 Å². The van der Waals surface area contributed by atoms with Gasteiger partial charge in [-0.3, -0.25) is 0 Å². The highest BCUT2D eigenvalue weighted by Crippen LogP contribution is 2.48. The van der Waals surface area contributed by atoms with Gasteiger partial charge in [0.2, 0.25) is 0 Å². The van der Waals surface area contributed by atoms with Crippen molar-refractivity contribution in [2.75, 3.05) is 0 Å². The molecule has 6 atom stereocenters. The van der Waals surface area contributed by atoms with Gasteiger partial charge >= 0.3 is 0 Å². The van der Waals surface area contributed by atoms with Gasteiger partial charge in [0.25, 0.3) is 0 Å². The third-order valence-electron chi connectivity index (χ3n) is 14.0. The summed E-state index contributed by atoms with van der Waals surface area (Å²) in [6.07, 6.45) is 49.2. The van der Waals surface area contributed by atoms with Crippen LogP contribution in [-0.4, -0.2) is 0 Å². The second-order valence-electron chi connectivity index (χ2n) is 17.3. The Balaban J connectivity index is 1.02. The van der Waals surface area contributed by atoms with Crippen LogP contribution < -0.4 is 10.4 Å². The molecule has 0 aromatic heterocycles. The van der Waals surface area contributed by atoms with Gasteiger partial charge in [0, 0.05) is 35.5 Å². The first kappa shape index (κ1) is 35.2. The Kier molecular flexibility index (Phi) is 8.51. The topological polar surface area (TPSA) is 0 Å². The maximum atomic E-state index is 2.53. The number of benzene rings is 5. The van der Waals surface area contributed by atoms with Gasteiger partial charge in [-0.1, -0.05) is 219 Å². The maximum Gasteiger partial charge on any atom is 0.0138 e. The monoisotopic (exact) mass is 766 g/mol. The largest absolute Gasteiger partial charge is 0.0842 e. The number of allylic oxidation sites excluding steroid dienone is 24. The molecule has 0 radical (unpaired) electrons. The van der Waals surface area contributed by atoms with E-state index in [9.17, 15) is 0 Å². The van der Waals surface area contributed by atoms with Crippen LogP contribution in [0.4, 0.5) is 0 Å². The standard InChI is InChI=1S/C60H46/c1-2-14-39(15-3-1)44-32-33-47-38-48(35-34-46(47)37-44)58-51-20-8-12-24-55(51)60(56-25-13-9-21-52(56)58)59-53-22-10-6-18-49(53)57(50-19-7-11-23-54(50)59)42-29-26-41(27-30-42)45-31-28-40-16-4-5-17-43(40)36-45/h1-2,4-14,16-38,40,43,46-47,49,53H,3,15H2. The van der Waals surface area contributed by atoms with E-state index in [-0.39, 0.29) is 11.8 Å². The lowest BCUT2D eigenvalue weighted by atomic mass is 9.68. The van der Waals surface area contributed by atoms with Crippen LogP contribution in [0.2, 0.25) is 0 Å². The molecule has 0 saturated heterocycles. The molecule has 6 unspecified atom stereocenters. The van der Waals surface area contributed by atoms with Gasteiger partial charge < -0.3 is 0 Å². The zero-order valence-electron chi connectivity index (χ0n) is 33.7. The molecule has 7 aliphatic rings. The summed E-state index contributed by atoms with van der Waals surface area (Å²) < 4.78 is 0. The summed E-state index contributed by atoms with van der Waals surface area (Å²) in [5.41, 5.74) is 13.6. The van der Waals surface area contributed by atoms with Crippen molar-refractivity contribution in [2.24, 2.45) is 35.5 Å². The number of fused-ring (bicyclic) bond motifs is 6. The first-order chi connectivity index (χ1) is 29.8. The van der Waals surface area contributed by atoms with E-state index in [4.69, 9.17) is 0 Å². The molecule has 0 spiro atoms. The predicted molar refractivity (Wildman–Crippen MR) is 254 cm³/mol. The molecule has 60 heavy (non-hydrogen) atoms. The highest BCUT2D eigenvalue weighted by Gasteiger charge is 2.34. The van der Waals surface area contributed by atoms with Gasteiger partial charge in [-0.15, -0.1) is 0 Å². The molecule has 0 N–H and O–H groups in total. The molecule has 0 aliphatic heterocycles. The minimum atomic E-state index is 0.182. The summed E-state index contributed by atoms with van der Waals surface area (Å²) in [7, 11) is 0. The van der Waals surface area contributed by atoms with Crippen molar-refractivity contribution in [1.82, 2.24) is 0 Å². The van der Waals surface area contributed by atoms with Crippen LogP contribution in [-0.2, 0) is 0 Å². The number of hydrogen-bond donors (Lipinski definition) is 0. The summed E-state index contributed by atoms with van der Waals surface area (Å²) in [5.74, 6) is 1.98. The lowest BCUT2D eigenvalue weighted by molar-refractivity contribution is 0.657. The fourth-order valence-electron chi connectivity index (χ4n) is 11.1. The third-order valence-corrected chi connectivity index (χ3v) is 14.0. The van der Waals surface area contributed by atoms with Crippen molar-refractivity contribution in [2.45, 2.75) is 12.8 Å². The van der Waals surface area contributed by atoms with E-state index >= 15 is 0 Å². The summed E-state index contributed by atoms with van der Waals surface area (Å²) in [4.78, 5) is 0. The molecule has 5 aromatic carbocycles. The molecule has 7 aliphatic carbocycles. The highest BCUT2D eigenvalue weighted by atomic mass is 14.4. The van der Waals surface area contributed by atoms with Crippen LogP contribution in [0.15, 0.2) is 230 Å². The molecule has 0 fully saturated rings. The molecule has 0 bridgehead atoms. The van der Waals surface area contributed by atoms with Crippen molar-refractivity contribution < 1.29 is 0 Å². The summed E-state index contributed by atoms with van der Waals surface area (Å²) in [6, 6.07) is 37.0. The first-order valence-corrected chi connectivity index (χ1v) is 21.9. The van der Waals surface area contributed by atoms with Crippen molar-refractivity contribution in [1.29, 1.82) is 0 Å². The van der Waals surface area contributed by atoms with Gasteiger partial charge in [0.1, 0.15) is 0 Å². The van der Waals surface area contributed by atoms with Crippen LogP contribution in [0.1, 0.15) is 35.1 Å². The lowest BCUT2D eigenvalue weighted by Gasteiger charge is -2.34. The molecular formula is C60H46.